The first kappa shape index (κ1) is 13.4. The fraction of sp³-hybridized carbons (Fsp3) is 0.571. The first-order valence-corrected chi connectivity index (χ1v) is 8.12. The summed E-state index contributed by atoms with van der Waals surface area (Å²) in [5, 5.41) is 0.916. The highest BCUT2D eigenvalue weighted by atomic mass is 79.9. The van der Waals surface area contributed by atoms with E-state index in [1.54, 1.807) is 0 Å². The van der Waals surface area contributed by atoms with Crippen LogP contribution >= 0.6 is 31.9 Å². The Bertz CT molecular complexity index is 392. The minimum atomic E-state index is 0.784. The van der Waals surface area contributed by atoms with Crippen molar-refractivity contribution >= 4 is 37.5 Å². The van der Waals surface area contributed by atoms with E-state index in [2.05, 4.69) is 68.8 Å². The quantitative estimate of drug-likeness (QED) is 0.683. The van der Waals surface area contributed by atoms with E-state index >= 15 is 0 Å². The van der Waals surface area contributed by atoms with Crippen LogP contribution in [-0.4, -0.2) is 13.1 Å². The lowest BCUT2D eigenvalue weighted by Gasteiger charge is -2.37. The van der Waals surface area contributed by atoms with Crippen molar-refractivity contribution < 1.29 is 0 Å². The number of piperidine rings is 1. The van der Waals surface area contributed by atoms with Crippen LogP contribution in [0.25, 0.3) is 0 Å². The number of benzene rings is 1. The highest BCUT2D eigenvalue weighted by Crippen LogP contribution is 2.32. The molecule has 0 amide bonds. The van der Waals surface area contributed by atoms with Crippen LogP contribution < -0.4 is 4.90 Å². The molecule has 1 saturated heterocycles. The Labute approximate surface area is 121 Å². The third-order valence-electron chi connectivity index (χ3n) is 3.84. The summed E-state index contributed by atoms with van der Waals surface area (Å²) in [5.74, 6) is 1.64. The smallest absolute Gasteiger partial charge is 0.0510 e. The highest BCUT2D eigenvalue weighted by molar-refractivity contribution is 9.10. The molecule has 0 spiro atoms. The second-order valence-corrected chi connectivity index (χ2v) is 6.52. The molecule has 3 heteroatoms. The van der Waals surface area contributed by atoms with Crippen LogP contribution in [0.1, 0.15) is 25.8 Å². The monoisotopic (exact) mass is 359 g/mol. The van der Waals surface area contributed by atoms with Gasteiger partial charge in [0.25, 0.3) is 0 Å². The molecule has 0 bridgehead atoms. The molecule has 17 heavy (non-hydrogen) atoms. The number of hydrogen-bond donors (Lipinski definition) is 0. The highest BCUT2D eigenvalue weighted by Gasteiger charge is 2.23. The molecule has 0 radical (unpaired) electrons. The number of hydrogen-bond acceptors (Lipinski definition) is 1. The summed E-state index contributed by atoms with van der Waals surface area (Å²) in [5.41, 5.74) is 2.66. The molecule has 0 aromatic heterocycles. The molecule has 1 heterocycles. The van der Waals surface area contributed by atoms with Gasteiger partial charge in [-0.25, -0.2) is 0 Å². The molecule has 1 aromatic rings. The van der Waals surface area contributed by atoms with E-state index in [9.17, 15) is 0 Å². The van der Waals surface area contributed by atoms with Gasteiger partial charge in [-0.15, -0.1) is 0 Å². The van der Waals surface area contributed by atoms with Crippen molar-refractivity contribution in [1.82, 2.24) is 0 Å². The Morgan fingerprint density at radius 2 is 2.06 bits per heavy atom. The molecule has 2 unspecified atom stereocenters. The zero-order chi connectivity index (χ0) is 12.4. The molecule has 1 aliphatic rings. The van der Waals surface area contributed by atoms with Crippen LogP contribution in [0, 0.1) is 11.8 Å². The van der Waals surface area contributed by atoms with Crippen LogP contribution in [0.15, 0.2) is 22.7 Å². The number of anilines is 1. The largest absolute Gasteiger partial charge is 0.370 e. The van der Waals surface area contributed by atoms with Crippen molar-refractivity contribution in [2.24, 2.45) is 11.8 Å². The molecule has 0 N–H and O–H groups in total. The van der Waals surface area contributed by atoms with E-state index in [4.69, 9.17) is 0 Å². The summed E-state index contributed by atoms with van der Waals surface area (Å²) in [6.45, 7) is 7.08. The van der Waals surface area contributed by atoms with Crippen molar-refractivity contribution in [2.75, 3.05) is 18.0 Å². The standard InChI is InChI=1S/C14H19Br2N/c1-10-5-6-17(9-11(10)2)14-4-3-12(8-15)7-13(14)16/h3-4,7,10-11H,5-6,8-9H2,1-2H3. The Morgan fingerprint density at radius 3 is 2.65 bits per heavy atom. The van der Waals surface area contributed by atoms with E-state index in [0.29, 0.717) is 0 Å². The fourth-order valence-corrected chi connectivity index (χ4v) is 3.40. The summed E-state index contributed by atoms with van der Waals surface area (Å²) in [7, 11) is 0. The number of rotatable bonds is 2. The van der Waals surface area contributed by atoms with Gasteiger partial charge in [0, 0.05) is 22.9 Å². The zero-order valence-corrected chi connectivity index (χ0v) is 13.6. The third kappa shape index (κ3) is 3.05. The fourth-order valence-electron chi connectivity index (χ4n) is 2.37. The predicted octanol–water partition coefficient (Wildman–Crippen LogP) is 4.83. The van der Waals surface area contributed by atoms with Gasteiger partial charge in [0.15, 0.2) is 0 Å². The van der Waals surface area contributed by atoms with Crippen molar-refractivity contribution in [1.29, 1.82) is 0 Å². The SMILES string of the molecule is CC1CCN(c2ccc(CBr)cc2Br)CC1C. The normalized spacial score (nSPS) is 25.1. The number of alkyl halides is 1. The lowest BCUT2D eigenvalue weighted by Crippen LogP contribution is -2.38. The summed E-state index contributed by atoms with van der Waals surface area (Å²) in [4.78, 5) is 2.51. The summed E-state index contributed by atoms with van der Waals surface area (Å²) < 4.78 is 1.22. The van der Waals surface area contributed by atoms with Gasteiger partial charge < -0.3 is 4.90 Å². The van der Waals surface area contributed by atoms with Crippen LogP contribution in [-0.2, 0) is 5.33 Å². The van der Waals surface area contributed by atoms with Gasteiger partial charge in [-0.1, -0.05) is 35.8 Å². The van der Waals surface area contributed by atoms with E-state index < -0.39 is 0 Å². The molecular formula is C14H19Br2N. The molecule has 0 aliphatic carbocycles. The predicted molar refractivity (Wildman–Crippen MR) is 81.9 cm³/mol. The minimum Gasteiger partial charge on any atom is -0.370 e. The molecule has 1 nitrogen and oxygen atoms in total. The Hall–Kier alpha value is -0.0200. The number of nitrogens with zero attached hydrogens (tertiary/aromatic N) is 1. The Balaban J connectivity index is 2.17. The molecule has 0 saturated carbocycles. The maximum atomic E-state index is 3.70. The lowest BCUT2D eigenvalue weighted by atomic mass is 9.88. The van der Waals surface area contributed by atoms with E-state index in [0.717, 1.165) is 17.2 Å². The first-order valence-electron chi connectivity index (χ1n) is 6.21. The van der Waals surface area contributed by atoms with E-state index in [1.165, 1.54) is 35.2 Å². The van der Waals surface area contributed by atoms with Crippen LogP contribution in [0.4, 0.5) is 5.69 Å². The summed E-state index contributed by atoms with van der Waals surface area (Å²) in [6, 6.07) is 6.66. The Morgan fingerprint density at radius 1 is 1.29 bits per heavy atom. The van der Waals surface area contributed by atoms with Crippen LogP contribution in [0.2, 0.25) is 0 Å². The topological polar surface area (TPSA) is 3.24 Å². The van der Waals surface area contributed by atoms with Gasteiger partial charge in [0.05, 0.1) is 5.69 Å². The molecular weight excluding hydrogens is 342 g/mol. The van der Waals surface area contributed by atoms with Gasteiger partial charge >= 0.3 is 0 Å². The zero-order valence-electron chi connectivity index (χ0n) is 10.4. The first-order chi connectivity index (χ1) is 8.11. The van der Waals surface area contributed by atoms with Crippen LogP contribution in [0.5, 0.6) is 0 Å². The second kappa shape index (κ2) is 5.75. The van der Waals surface area contributed by atoms with Crippen LogP contribution in [0.3, 0.4) is 0 Å². The summed E-state index contributed by atoms with van der Waals surface area (Å²) in [6.07, 6.45) is 1.30. The molecule has 94 valence electrons. The maximum absolute atomic E-state index is 3.70. The van der Waals surface area contributed by atoms with Gasteiger partial charge in [-0.3, -0.25) is 0 Å². The van der Waals surface area contributed by atoms with Crippen molar-refractivity contribution in [3.8, 4) is 0 Å². The third-order valence-corrected chi connectivity index (χ3v) is 5.12. The molecule has 2 atom stereocenters. The van der Waals surface area contributed by atoms with Gasteiger partial charge in [0.1, 0.15) is 0 Å². The number of halogens is 2. The lowest BCUT2D eigenvalue weighted by molar-refractivity contribution is 0.324. The molecule has 2 rings (SSSR count). The molecule has 1 fully saturated rings. The minimum absolute atomic E-state index is 0.784. The second-order valence-electron chi connectivity index (χ2n) is 5.11. The Kier molecular flexibility index (Phi) is 4.53. The van der Waals surface area contributed by atoms with E-state index in [-0.39, 0.29) is 0 Å². The maximum Gasteiger partial charge on any atom is 0.0510 e. The average molecular weight is 361 g/mol. The van der Waals surface area contributed by atoms with Gasteiger partial charge in [-0.2, -0.15) is 0 Å². The van der Waals surface area contributed by atoms with Crippen molar-refractivity contribution in [3.63, 3.8) is 0 Å². The molecule has 1 aromatic carbocycles. The van der Waals surface area contributed by atoms with Crippen molar-refractivity contribution in [2.45, 2.75) is 25.6 Å². The van der Waals surface area contributed by atoms with Gasteiger partial charge in [0.2, 0.25) is 0 Å². The average Bonchev–Trinajstić information content (AvgIpc) is 2.32. The molecule has 1 aliphatic heterocycles. The van der Waals surface area contributed by atoms with Gasteiger partial charge in [-0.05, 0) is 51.9 Å². The van der Waals surface area contributed by atoms with Crippen molar-refractivity contribution in [3.05, 3.63) is 28.2 Å². The van der Waals surface area contributed by atoms with E-state index in [1.807, 2.05) is 0 Å². The summed E-state index contributed by atoms with van der Waals surface area (Å²) >= 11 is 7.19.